The topological polar surface area (TPSA) is 60.9 Å². The number of hydrogen-bond donors (Lipinski definition) is 1. The van der Waals surface area contributed by atoms with Gasteiger partial charge >= 0.3 is 12.0 Å². The van der Waals surface area contributed by atoms with E-state index >= 15 is 0 Å². The monoisotopic (exact) mass is 270 g/mol. The first kappa shape index (κ1) is 15.8. The smallest absolute Gasteiger partial charge is 0.319 e. The summed E-state index contributed by atoms with van der Waals surface area (Å²) in [4.78, 5) is 26.7. The number of likely N-dealkylation sites (tertiary alicyclic amines) is 1. The summed E-state index contributed by atoms with van der Waals surface area (Å²) in [5.41, 5.74) is 0. The first-order valence-electron chi connectivity index (χ1n) is 7.29. The molecule has 110 valence electrons. The van der Waals surface area contributed by atoms with E-state index < -0.39 is 5.97 Å². The molecule has 0 saturated carbocycles. The Bertz CT molecular complexity index is 307. The lowest BCUT2D eigenvalue weighted by molar-refractivity contribution is -0.137. The van der Waals surface area contributed by atoms with Gasteiger partial charge in [0.05, 0.1) is 0 Å². The van der Waals surface area contributed by atoms with Crippen molar-refractivity contribution in [3.63, 3.8) is 0 Å². The molecule has 0 aliphatic carbocycles. The van der Waals surface area contributed by atoms with Gasteiger partial charge in [0.2, 0.25) is 0 Å². The number of amides is 2. The van der Waals surface area contributed by atoms with E-state index in [9.17, 15) is 9.59 Å². The number of unbranched alkanes of at least 4 members (excludes halogenated alkanes) is 1. The van der Waals surface area contributed by atoms with Crippen LogP contribution in [-0.4, -0.2) is 53.1 Å². The Hall–Kier alpha value is -1.26. The molecule has 1 atom stereocenters. The zero-order valence-corrected chi connectivity index (χ0v) is 12.1. The average Bonchev–Trinajstić information content (AvgIpc) is 2.42. The van der Waals surface area contributed by atoms with E-state index in [2.05, 4.69) is 6.92 Å². The molecule has 0 aromatic rings. The summed E-state index contributed by atoms with van der Waals surface area (Å²) < 4.78 is 0. The molecule has 2 amide bonds. The van der Waals surface area contributed by atoms with Crippen LogP contribution >= 0.6 is 0 Å². The number of rotatable bonds is 6. The Morgan fingerprint density at radius 3 is 2.74 bits per heavy atom. The molecule has 1 saturated heterocycles. The van der Waals surface area contributed by atoms with E-state index in [-0.39, 0.29) is 18.5 Å². The van der Waals surface area contributed by atoms with Crippen molar-refractivity contribution in [1.82, 2.24) is 9.80 Å². The molecule has 0 spiro atoms. The third-order valence-electron chi connectivity index (χ3n) is 3.74. The summed E-state index contributed by atoms with van der Waals surface area (Å²) in [6.07, 6.45) is 5.84. The number of hydrogen-bond acceptors (Lipinski definition) is 2. The Balaban J connectivity index is 2.54. The maximum Gasteiger partial charge on any atom is 0.319 e. The van der Waals surface area contributed by atoms with Gasteiger partial charge in [0.1, 0.15) is 0 Å². The van der Waals surface area contributed by atoms with Gasteiger partial charge in [-0.15, -0.1) is 0 Å². The fourth-order valence-corrected chi connectivity index (χ4v) is 2.55. The zero-order valence-electron chi connectivity index (χ0n) is 12.1. The first-order valence-corrected chi connectivity index (χ1v) is 7.29. The van der Waals surface area contributed by atoms with Crippen molar-refractivity contribution >= 4 is 12.0 Å². The second kappa shape index (κ2) is 8.02. The average molecular weight is 270 g/mol. The Morgan fingerprint density at radius 1 is 1.37 bits per heavy atom. The molecule has 1 aliphatic heterocycles. The molecule has 0 bridgehead atoms. The second-order valence-electron chi connectivity index (χ2n) is 5.33. The molecule has 0 radical (unpaired) electrons. The fourth-order valence-electron chi connectivity index (χ4n) is 2.55. The van der Waals surface area contributed by atoms with Crippen LogP contribution in [0, 0.1) is 0 Å². The summed E-state index contributed by atoms with van der Waals surface area (Å²) in [5.74, 6) is -0.780. The van der Waals surface area contributed by atoms with Gasteiger partial charge in [-0.2, -0.15) is 0 Å². The molecule has 5 nitrogen and oxygen atoms in total. The molecule has 19 heavy (non-hydrogen) atoms. The van der Waals surface area contributed by atoms with Gasteiger partial charge in [0, 0.05) is 32.6 Å². The Morgan fingerprint density at radius 2 is 2.11 bits per heavy atom. The van der Waals surface area contributed by atoms with Crippen LogP contribution in [0.5, 0.6) is 0 Å². The highest BCUT2D eigenvalue weighted by Gasteiger charge is 2.28. The third-order valence-corrected chi connectivity index (χ3v) is 3.74. The summed E-state index contributed by atoms with van der Waals surface area (Å²) in [7, 11) is 1.83. The number of piperidine rings is 1. The molecule has 5 heteroatoms. The summed E-state index contributed by atoms with van der Waals surface area (Å²) >= 11 is 0. The lowest BCUT2D eigenvalue weighted by Crippen LogP contribution is -2.49. The highest BCUT2D eigenvalue weighted by atomic mass is 16.4. The van der Waals surface area contributed by atoms with Crippen LogP contribution in [0.1, 0.15) is 51.9 Å². The fraction of sp³-hybridized carbons (Fsp3) is 0.857. The zero-order chi connectivity index (χ0) is 14.3. The van der Waals surface area contributed by atoms with Crippen molar-refractivity contribution in [3.8, 4) is 0 Å². The van der Waals surface area contributed by atoms with Crippen LogP contribution < -0.4 is 0 Å². The minimum atomic E-state index is -0.780. The third kappa shape index (κ3) is 5.09. The number of carboxylic acids is 1. The van der Waals surface area contributed by atoms with Crippen molar-refractivity contribution in [2.75, 3.05) is 20.1 Å². The molecule has 0 aromatic carbocycles. The molecule has 1 fully saturated rings. The highest BCUT2D eigenvalue weighted by molar-refractivity contribution is 5.74. The SMILES string of the molecule is CCCCN(C)C(=O)N1CCCCC1CCC(=O)O. The van der Waals surface area contributed by atoms with Gasteiger partial charge in [0.25, 0.3) is 0 Å². The van der Waals surface area contributed by atoms with Gasteiger partial charge in [-0.25, -0.2) is 4.79 Å². The van der Waals surface area contributed by atoms with Gasteiger partial charge in [-0.05, 0) is 32.1 Å². The van der Waals surface area contributed by atoms with Crippen LogP contribution in [-0.2, 0) is 4.79 Å². The minimum absolute atomic E-state index is 0.0588. The number of aliphatic carboxylic acids is 1. The van der Waals surface area contributed by atoms with Crippen molar-refractivity contribution in [2.45, 2.75) is 57.9 Å². The van der Waals surface area contributed by atoms with Gasteiger partial charge in [0.15, 0.2) is 0 Å². The molecule has 1 aliphatic rings. The van der Waals surface area contributed by atoms with E-state index in [1.54, 1.807) is 4.90 Å². The highest BCUT2D eigenvalue weighted by Crippen LogP contribution is 2.22. The van der Waals surface area contributed by atoms with Crippen molar-refractivity contribution in [2.24, 2.45) is 0 Å². The van der Waals surface area contributed by atoms with E-state index in [0.717, 1.165) is 45.2 Å². The standard InChI is InChI=1S/C14H26N2O3/c1-3-4-10-15(2)14(19)16-11-6-5-7-12(16)8-9-13(17)18/h12H,3-11H2,1-2H3,(H,17,18). The van der Waals surface area contributed by atoms with Gasteiger partial charge in [-0.1, -0.05) is 13.3 Å². The van der Waals surface area contributed by atoms with Crippen LogP contribution in [0.4, 0.5) is 4.79 Å². The second-order valence-corrected chi connectivity index (χ2v) is 5.33. The number of carbonyl (C=O) groups is 2. The van der Waals surface area contributed by atoms with E-state index in [0.29, 0.717) is 6.42 Å². The van der Waals surface area contributed by atoms with E-state index in [4.69, 9.17) is 5.11 Å². The van der Waals surface area contributed by atoms with Crippen molar-refractivity contribution in [3.05, 3.63) is 0 Å². The summed E-state index contributed by atoms with van der Waals surface area (Å²) in [6, 6.07) is 0.157. The van der Waals surface area contributed by atoms with Gasteiger partial charge < -0.3 is 14.9 Å². The van der Waals surface area contributed by atoms with Crippen LogP contribution in [0.2, 0.25) is 0 Å². The summed E-state index contributed by atoms with van der Waals surface area (Å²) in [6.45, 7) is 3.64. The maximum absolute atomic E-state index is 12.4. The summed E-state index contributed by atoms with van der Waals surface area (Å²) in [5, 5.41) is 8.78. The number of carboxylic acid groups (broad SMARTS) is 1. The Kier molecular flexibility index (Phi) is 6.67. The van der Waals surface area contributed by atoms with Crippen LogP contribution in [0.3, 0.4) is 0 Å². The van der Waals surface area contributed by atoms with Crippen LogP contribution in [0.25, 0.3) is 0 Å². The molecule has 1 unspecified atom stereocenters. The van der Waals surface area contributed by atoms with Crippen LogP contribution in [0.15, 0.2) is 0 Å². The predicted molar refractivity (Wildman–Crippen MR) is 74.1 cm³/mol. The first-order chi connectivity index (χ1) is 9.06. The number of nitrogens with zero attached hydrogens (tertiary/aromatic N) is 2. The predicted octanol–water partition coefficient (Wildman–Crippen LogP) is 2.56. The number of urea groups is 1. The maximum atomic E-state index is 12.4. The lowest BCUT2D eigenvalue weighted by Gasteiger charge is -2.38. The number of carbonyl (C=O) groups excluding carboxylic acids is 1. The largest absolute Gasteiger partial charge is 0.481 e. The molecular weight excluding hydrogens is 244 g/mol. The molecular formula is C14H26N2O3. The van der Waals surface area contributed by atoms with E-state index in [1.807, 2.05) is 11.9 Å². The van der Waals surface area contributed by atoms with Crippen molar-refractivity contribution < 1.29 is 14.7 Å². The molecule has 0 aromatic heterocycles. The van der Waals surface area contributed by atoms with E-state index in [1.165, 1.54) is 0 Å². The molecule has 1 rings (SSSR count). The minimum Gasteiger partial charge on any atom is -0.481 e. The van der Waals surface area contributed by atoms with Gasteiger partial charge in [-0.3, -0.25) is 4.79 Å². The molecule has 1 heterocycles. The van der Waals surface area contributed by atoms with Crippen molar-refractivity contribution in [1.29, 1.82) is 0 Å². The Labute approximate surface area is 115 Å². The quantitative estimate of drug-likeness (QED) is 0.807. The normalized spacial score (nSPS) is 19.3. The molecule has 1 N–H and O–H groups in total. The lowest BCUT2D eigenvalue weighted by atomic mass is 9.98.